The van der Waals surface area contributed by atoms with E-state index in [4.69, 9.17) is 4.74 Å². The number of carbonyl (C=O) groups is 1. The van der Waals surface area contributed by atoms with E-state index in [1.807, 2.05) is 67.5 Å². The van der Waals surface area contributed by atoms with Crippen molar-refractivity contribution in [1.29, 1.82) is 0 Å². The lowest BCUT2D eigenvalue weighted by Gasteiger charge is -2.22. The van der Waals surface area contributed by atoms with Crippen LogP contribution in [0.25, 0.3) is 0 Å². The highest BCUT2D eigenvalue weighted by atomic mass is 16.5. The third kappa shape index (κ3) is 2.40. The number of carbonyl (C=O) groups excluding carboxylic acids is 1. The van der Waals surface area contributed by atoms with E-state index in [0.29, 0.717) is 0 Å². The topological polar surface area (TPSA) is 32.6 Å². The molecule has 0 aromatic heterocycles. The largest absolute Gasteiger partial charge is 0.471 e. The number of benzene rings is 1. The summed E-state index contributed by atoms with van der Waals surface area (Å²) in [5.74, 6) is -0.418. The number of hydrogen-bond acceptors (Lipinski definition) is 3. The molecule has 0 spiro atoms. The van der Waals surface area contributed by atoms with Gasteiger partial charge in [-0.3, -0.25) is 4.79 Å². The zero-order valence-electron chi connectivity index (χ0n) is 10.9. The highest BCUT2D eigenvalue weighted by Crippen LogP contribution is 2.23. The van der Waals surface area contributed by atoms with Crippen LogP contribution >= 0.6 is 0 Å². The fourth-order valence-corrected chi connectivity index (χ4v) is 2.06. The predicted octanol–water partition coefficient (Wildman–Crippen LogP) is 0.948. The molecule has 1 aromatic carbocycles. The van der Waals surface area contributed by atoms with Gasteiger partial charge in [-0.25, -0.2) is 5.01 Å². The van der Waals surface area contributed by atoms with Crippen LogP contribution in [0.5, 0.6) is 0 Å². The van der Waals surface area contributed by atoms with E-state index in [1.54, 1.807) is 0 Å². The Morgan fingerprint density at radius 1 is 1.44 bits per heavy atom. The summed E-state index contributed by atoms with van der Waals surface area (Å²) >= 11 is 0. The van der Waals surface area contributed by atoms with Crippen molar-refractivity contribution in [2.24, 2.45) is 0 Å². The van der Waals surface area contributed by atoms with Gasteiger partial charge in [0.15, 0.2) is 0 Å². The first kappa shape index (κ1) is 12.7. The van der Waals surface area contributed by atoms with Crippen LogP contribution in [0.15, 0.2) is 30.3 Å². The molecule has 0 aliphatic carbocycles. The van der Waals surface area contributed by atoms with E-state index in [-0.39, 0.29) is 17.8 Å². The van der Waals surface area contributed by atoms with E-state index in [0.717, 1.165) is 5.56 Å². The molecule has 1 aromatic rings. The summed E-state index contributed by atoms with van der Waals surface area (Å²) in [6.45, 7) is 2.01. The molecule has 5 heteroatoms. The van der Waals surface area contributed by atoms with Crippen LogP contribution in [0.4, 0.5) is 0 Å². The van der Waals surface area contributed by atoms with Crippen molar-refractivity contribution < 1.29 is 14.1 Å². The van der Waals surface area contributed by atoms with Gasteiger partial charge in [0, 0.05) is 5.56 Å². The number of ether oxygens (including phenoxy) is 1. The van der Waals surface area contributed by atoms with Gasteiger partial charge in [0.05, 0.1) is 20.2 Å². The lowest BCUT2D eigenvalue weighted by Crippen LogP contribution is -2.31. The van der Waals surface area contributed by atoms with Crippen LogP contribution in [0, 0.1) is 0 Å². The molecule has 0 saturated carbocycles. The van der Waals surface area contributed by atoms with E-state index in [9.17, 15) is 4.79 Å². The minimum absolute atomic E-state index is 0.0948. The summed E-state index contributed by atoms with van der Waals surface area (Å²) in [5, 5.41) is 2.02. The zero-order valence-corrected chi connectivity index (χ0v) is 10.9. The Labute approximate surface area is 108 Å². The lowest BCUT2D eigenvalue weighted by atomic mass is 9.74. The minimum atomic E-state index is -0.222. The number of methoxy groups -OCH3 is 1. The van der Waals surface area contributed by atoms with Crippen molar-refractivity contribution in [3.8, 4) is 0 Å². The van der Waals surface area contributed by atoms with Crippen LogP contribution in [-0.2, 0) is 9.53 Å². The van der Waals surface area contributed by atoms with Gasteiger partial charge in [-0.2, -0.15) is 0 Å². The highest BCUT2D eigenvalue weighted by Gasteiger charge is 2.34. The third-order valence-electron chi connectivity index (χ3n) is 3.34. The fraction of sp³-hybridized carbons (Fsp3) is 0.385. The second-order valence-electron chi connectivity index (χ2n) is 4.43. The molecule has 0 unspecified atom stereocenters. The smallest absolute Gasteiger partial charge is 0.276 e. The van der Waals surface area contributed by atoms with Crippen LogP contribution in [0.3, 0.4) is 0 Å². The summed E-state index contributed by atoms with van der Waals surface area (Å²) < 4.78 is 6.76. The molecule has 1 saturated heterocycles. The molecule has 2 rings (SSSR count). The maximum Gasteiger partial charge on any atom is 0.276 e. The number of nitrogens with zero attached hydrogens (tertiary/aromatic N) is 2. The number of hydrazine groups is 1. The van der Waals surface area contributed by atoms with Gasteiger partial charge in [-0.15, -0.1) is 0 Å². The van der Waals surface area contributed by atoms with Crippen LogP contribution < -0.4 is 0 Å². The van der Waals surface area contributed by atoms with Crippen molar-refractivity contribution in [3.63, 3.8) is 0 Å². The fourth-order valence-electron chi connectivity index (χ4n) is 2.06. The van der Waals surface area contributed by atoms with Crippen LogP contribution in [0.1, 0.15) is 12.5 Å². The Hall–Kier alpha value is -1.78. The van der Waals surface area contributed by atoms with Crippen molar-refractivity contribution in [1.82, 2.24) is 5.01 Å². The molecule has 0 N–H and O–H groups in total. The average Bonchev–Trinajstić information content (AvgIpc) is 2.67. The summed E-state index contributed by atoms with van der Waals surface area (Å²) in [4.78, 5) is 11.6. The number of hydrogen-bond donors (Lipinski definition) is 0. The van der Waals surface area contributed by atoms with Gasteiger partial charge in [0.25, 0.3) is 5.97 Å². The third-order valence-corrected chi connectivity index (χ3v) is 3.34. The molecule has 94 valence electrons. The van der Waals surface area contributed by atoms with Crippen LogP contribution in [-0.4, -0.2) is 49.4 Å². The number of hydrazone groups is 1. The summed E-state index contributed by atoms with van der Waals surface area (Å²) in [5.41, 5.74) is 1.10. The molecule has 1 aliphatic rings. The Morgan fingerprint density at radius 3 is 2.72 bits per heavy atom. The summed E-state index contributed by atoms with van der Waals surface area (Å²) in [6, 6.07) is 10.1. The highest BCUT2D eigenvalue weighted by molar-refractivity contribution is 6.37. The summed E-state index contributed by atoms with van der Waals surface area (Å²) in [6.07, 6.45) is 2.00. The first-order chi connectivity index (χ1) is 8.63. The quantitative estimate of drug-likeness (QED) is 0.573. The lowest BCUT2D eigenvalue weighted by molar-refractivity contribution is -0.560. The molecule has 1 heterocycles. The predicted molar refractivity (Wildman–Crippen MR) is 70.6 cm³/mol. The second-order valence-corrected chi connectivity index (χ2v) is 4.43. The zero-order chi connectivity index (χ0) is 13.1. The Kier molecular flexibility index (Phi) is 3.70. The number of rotatable bonds is 2. The SMILES string of the molecule is COC(=O)[C@H]1[B-]/[N+](=C\c2ccccc2)N(C)[C@@H]1C. The number of esters is 1. The Bertz CT molecular complexity index is 461. The summed E-state index contributed by atoms with van der Waals surface area (Å²) in [7, 11) is 5.28. The van der Waals surface area contributed by atoms with Gasteiger partial charge in [0.1, 0.15) is 13.6 Å². The monoisotopic (exact) mass is 244 g/mol. The Morgan fingerprint density at radius 2 is 2.11 bits per heavy atom. The molecule has 0 amide bonds. The van der Waals surface area contributed by atoms with Gasteiger partial charge in [-0.1, -0.05) is 18.2 Å². The molecule has 4 nitrogen and oxygen atoms in total. The van der Waals surface area contributed by atoms with Crippen molar-refractivity contribution >= 4 is 19.6 Å². The van der Waals surface area contributed by atoms with E-state index in [2.05, 4.69) is 0 Å². The van der Waals surface area contributed by atoms with E-state index < -0.39 is 0 Å². The molecular formula is C13H17BN2O2. The van der Waals surface area contributed by atoms with E-state index in [1.165, 1.54) is 7.11 Å². The normalized spacial score (nSPS) is 25.5. The standard InChI is InChI=1S/C13H17BN2O2/c1-10-12(13(17)18-3)14-16(15(10)2)9-11-7-5-4-6-8-11/h4-10,12H,1-3H3/b16-9+/t10-,12+/m1/s1. The van der Waals surface area contributed by atoms with Gasteiger partial charge in [-0.05, 0) is 24.9 Å². The Balaban J connectivity index is 2.21. The van der Waals surface area contributed by atoms with Crippen LogP contribution in [0.2, 0.25) is 5.82 Å². The second kappa shape index (κ2) is 5.25. The van der Waals surface area contributed by atoms with Gasteiger partial charge < -0.3 is 9.33 Å². The maximum atomic E-state index is 11.6. The maximum absolute atomic E-state index is 11.6. The first-order valence-electron chi connectivity index (χ1n) is 5.97. The van der Waals surface area contributed by atoms with Crippen molar-refractivity contribution in [3.05, 3.63) is 35.9 Å². The molecular weight excluding hydrogens is 227 g/mol. The molecule has 0 bridgehead atoms. The van der Waals surface area contributed by atoms with Crippen molar-refractivity contribution in [2.75, 3.05) is 14.2 Å². The molecule has 1 fully saturated rings. The average molecular weight is 244 g/mol. The molecule has 2 radical (unpaired) electrons. The van der Waals surface area contributed by atoms with Crippen molar-refractivity contribution in [2.45, 2.75) is 18.8 Å². The minimum Gasteiger partial charge on any atom is -0.471 e. The van der Waals surface area contributed by atoms with E-state index >= 15 is 0 Å². The molecule has 1 aliphatic heterocycles. The van der Waals surface area contributed by atoms with Gasteiger partial charge >= 0.3 is 0 Å². The first-order valence-corrected chi connectivity index (χ1v) is 5.97. The molecule has 2 atom stereocenters. The molecule has 18 heavy (non-hydrogen) atoms. The van der Waals surface area contributed by atoms with Gasteiger partial charge in [0.2, 0.25) is 0 Å².